The number of rotatable bonds is 1. The number of carbonyl (C=O) groups excluding carboxylic acids is 2. The monoisotopic (exact) mass is 498 g/mol. The minimum Gasteiger partial charge on any atom is -0.462 e. The SMILES string of the molecule is CC(=O)O[C@H]1CC[C@]2(C)[C@H]3CC[C@@H]4[C@H]5[C@H](C)[C@]6(C)CC[C@@]5(CC[C@@]4(C)[C@]3(C)CC[C@H]2C1(C)C)C(=O)O6. The van der Waals surface area contributed by atoms with Crippen molar-refractivity contribution in [2.75, 3.05) is 0 Å². The van der Waals surface area contributed by atoms with Crippen LogP contribution in [0.3, 0.4) is 0 Å². The van der Waals surface area contributed by atoms with E-state index in [2.05, 4.69) is 48.5 Å². The molecule has 0 unspecified atom stereocenters. The van der Waals surface area contributed by atoms with Crippen LogP contribution in [0.1, 0.15) is 120 Å². The van der Waals surface area contributed by atoms with E-state index in [4.69, 9.17) is 9.47 Å². The highest BCUT2D eigenvalue weighted by atomic mass is 16.6. The molecule has 7 aliphatic rings. The first kappa shape index (κ1) is 25.2. The molecule has 7 fully saturated rings. The van der Waals surface area contributed by atoms with E-state index in [1.807, 2.05) is 0 Å². The lowest BCUT2D eigenvalue weighted by molar-refractivity contribution is -0.289. The Labute approximate surface area is 219 Å². The van der Waals surface area contributed by atoms with Gasteiger partial charge in [-0.3, -0.25) is 9.59 Å². The standard InChI is InChI=1S/C32H50O4/c1-19-25-21-9-10-23-28(5)13-12-24(35-20(2)33)27(3,4)22(28)11-14-30(23,7)29(21,6)15-17-32(25)18-16-31(19,8)36-26(32)34/h19,21-25H,9-18H2,1-8H3/t19-,21+,22-,23+,24-,25+,28-,29+,30+,31-,32+/m0/s1. The van der Waals surface area contributed by atoms with Gasteiger partial charge in [-0.1, -0.05) is 41.5 Å². The van der Waals surface area contributed by atoms with Crippen LogP contribution in [0.5, 0.6) is 0 Å². The van der Waals surface area contributed by atoms with Crippen molar-refractivity contribution in [3.8, 4) is 0 Å². The van der Waals surface area contributed by atoms with Crippen LogP contribution in [0.2, 0.25) is 0 Å². The summed E-state index contributed by atoms with van der Waals surface area (Å²) in [7, 11) is 0. The second-order valence-corrected chi connectivity index (χ2v) is 15.8. The number of carbonyl (C=O) groups is 2. The summed E-state index contributed by atoms with van der Waals surface area (Å²) in [5, 5.41) is 0. The van der Waals surface area contributed by atoms with E-state index in [9.17, 15) is 9.59 Å². The van der Waals surface area contributed by atoms with Crippen LogP contribution in [0.25, 0.3) is 0 Å². The Morgan fingerprint density at radius 2 is 1.53 bits per heavy atom. The quantitative estimate of drug-likeness (QED) is 0.355. The molecule has 0 amide bonds. The predicted molar refractivity (Wildman–Crippen MR) is 140 cm³/mol. The summed E-state index contributed by atoms with van der Waals surface area (Å²) in [4.78, 5) is 25.4. The Bertz CT molecular complexity index is 987. The van der Waals surface area contributed by atoms with Gasteiger partial charge < -0.3 is 9.47 Å². The van der Waals surface area contributed by atoms with E-state index in [-0.39, 0.29) is 50.7 Å². The van der Waals surface area contributed by atoms with Gasteiger partial charge in [0.05, 0.1) is 5.41 Å². The number of fused-ring (bicyclic) bond motifs is 7. The van der Waals surface area contributed by atoms with Crippen LogP contribution < -0.4 is 0 Å². The summed E-state index contributed by atoms with van der Waals surface area (Å²) in [5.41, 5.74) is 0.327. The van der Waals surface area contributed by atoms with Gasteiger partial charge in [0, 0.05) is 12.3 Å². The molecule has 0 N–H and O–H groups in total. The lowest BCUT2D eigenvalue weighted by Crippen LogP contribution is -2.72. The van der Waals surface area contributed by atoms with Crippen LogP contribution in [0.4, 0.5) is 0 Å². The average Bonchev–Trinajstić information content (AvgIpc) is 2.78. The van der Waals surface area contributed by atoms with Gasteiger partial charge in [-0.25, -0.2) is 0 Å². The van der Waals surface area contributed by atoms with Crippen molar-refractivity contribution in [3.05, 3.63) is 0 Å². The van der Waals surface area contributed by atoms with Gasteiger partial charge in [0.1, 0.15) is 11.7 Å². The third kappa shape index (κ3) is 2.78. The molecule has 36 heavy (non-hydrogen) atoms. The van der Waals surface area contributed by atoms with E-state index < -0.39 is 0 Å². The number of ether oxygens (including phenoxy) is 2. The Morgan fingerprint density at radius 3 is 2.19 bits per heavy atom. The minimum atomic E-state index is -0.276. The predicted octanol–water partition coefficient (Wildman–Crippen LogP) is 7.34. The Hall–Kier alpha value is -1.06. The van der Waals surface area contributed by atoms with Crippen molar-refractivity contribution in [3.63, 3.8) is 0 Å². The molecule has 1 spiro atoms. The molecule has 2 bridgehead atoms. The fourth-order valence-electron chi connectivity index (χ4n) is 12.4. The van der Waals surface area contributed by atoms with Gasteiger partial charge in [-0.05, 0) is 117 Å². The zero-order chi connectivity index (χ0) is 26.1. The fourth-order valence-corrected chi connectivity index (χ4v) is 12.4. The zero-order valence-electron chi connectivity index (χ0n) is 24.2. The molecule has 5 aliphatic carbocycles. The topological polar surface area (TPSA) is 52.6 Å². The zero-order valence-corrected chi connectivity index (χ0v) is 24.2. The number of esters is 2. The second-order valence-electron chi connectivity index (χ2n) is 15.8. The van der Waals surface area contributed by atoms with Crippen LogP contribution in [0, 0.1) is 56.7 Å². The molecule has 2 aliphatic heterocycles. The maximum atomic E-state index is 13.5. The summed E-state index contributed by atoms with van der Waals surface area (Å²) in [6.07, 6.45) is 11.5. The van der Waals surface area contributed by atoms with Crippen LogP contribution in [0.15, 0.2) is 0 Å². The van der Waals surface area contributed by atoms with E-state index in [0.29, 0.717) is 29.6 Å². The Morgan fingerprint density at radius 1 is 0.833 bits per heavy atom. The van der Waals surface area contributed by atoms with Crippen LogP contribution in [-0.4, -0.2) is 23.6 Å². The summed E-state index contributed by atoms with van der Waals surface area (Å²) in [5.74, 6) is 2.79. The van der Waals surface area contributed by atoms with Gasteiger partial charge in [-0.15, -0.1) is 0 Å². The highest BCUT2D eigenvalue weighted by Gasteiger charge is 2.74. The van der Waals surface area contributed by atoms with Crippen molar-refractivity contribution in [1.82, 2.24) is 0 Å². The molecule has 11 atom stereocenters. The third-order valence-corrected chi connectivity index (χ3v) is 14.6. The second kappa shape index (κ2) is 7.32. The highest BCUT2D eigenvalue weighted by Crippen LogP contribution is 2.78. The molecule has 2 heterocycles. The molecular formula is C32H50O4. The molecule has 2 saturated heterocycles. The minimum absolute atomic E-state index is 0.00373. The van der Waals surface area contributed by atoms with Gasteiger partial charge in [-0.2, -0.15) is 0 Å². The lowest BCUT2D eigenvalue weighted by atomic mass is 9.30. The van der Waals surface area contributed by atoms with Gasteiger partial charge in [0.2, 0.25) is 0 Å². The molecule has 0 aromatic carbocycles. The first-order valence-electron chi connectivity index (χ1n) is 15.1. The summed E-state index contributed by atoms with van der Waals surface area (Å²) in [6, 6.07) is 0. The highest BCUT2D eigenvalue weighted by molar-refractivity contribution is 5.80. The molecule has 4 heteroatoms. The maximum Gasteiger partial charge on any atom is 0.312 e. The summed E-state index contributed by atoms with van der Waals surface area (Å²) >= 11 is 0. The Balaban J connectivity index is 1.36. The van der Waals surface area contributed by atoms with Crippen LogP contribution in [-0.2, 0) is 19.1 Å². The van der Waals surface area contributed by atoms with Gasteiger partial charge in [0.25, 0.3) is 0 Å². The van der Waals surface area contributed by atoms with E-state index in [1.54, 1.807) is 6.92 Å². The van der Waals surface area contributed by atoms with Crippen molar-refractivity contribution in [2.45, 2.75) is 131 Å². The van der Waals surface area contributed by atoms with E-state index >= 15 is 0 Å². The van der Waals surface area contributed by atoms with E-state index in [1.165, 1.54) is 32.1 Å². The van der Waals surface area contributed by atoms with E-state index in [0.717, 1.165) is 32.1 Å². The van der Waals surface area contributed by atoms with Crippen molar-refractivity contribution >= 4 is 11.9 Å². The molecule has 7 rings (SSSR count). The molecule has 0 aromatic heterocycles. The number of hydrogen-bond acceptors (Lipinski definition) is 4. The molecule has 0 aromatic rings. The fraction of sp³-hybridized carbons (Fsp3) is 0.938. The number of hydrogen-bond donors (Lipinski definition) is 0. The maximum absolute atomic E-state index is 13.5. The van der Waals surface area contributed by atoms with Crippen molar-refractivity contribution < 1.29 is 19.1 Å². The summed E-state index contributed by atoms with van der Waals surface area (Å²) in [6.45, 7) is 18.8. The van der Waals surface area contributed by atoms with Crippen molar-refractivity contribution in [2.24, 2.45) is 56.7 Å². The molecule has 0 radical (unpaired) electrons. The Kier molecular flexibility index (Phi) is 5.13. The third-order valence-electron chi connectivity index (χ3n) is 14.6. The van der Waals surface area contributed by atoms with Crippen molar-refractivity contribution in [1.29, 1.82) is 0 Å². The van der Waals surface area contributed by atoms with Gasteiger partial charge in [0.15, 0.2) is 0 Å². The smallest absolute Gasteiger partial charge is 0.312 e. The largest absolute Gasteiger partial charge is 0.462 e. The first-order chi connectivity index (χ1) is 16.7. The molecule has 5 saturated carbocycles. The first-order valence-corrected chi connectivity index (χ1v) is 15.1. The normalized spacial score (nSPS) is 56.9. The lowest BCUT2D eigenvalue weighted by Gasteiger charge is -2.75. The summed E-state index contributed by atoms with van der Waals surface area (Å²) < 4.78 is 12.1. The van der Waals surface area contributed by atoms with Crippen LogP contribution >= 0.6 is 0 Å². The molecular weight excluding hydrogens is 448 g/mol. The molecule has 4 nitrogen and oxygen atoms in total. The average molecular weight is 499 g/mol. The molecule has 202 valence electrons. The van der Waals surface area contributed by atoms with Gasteiger partial charge >= 0.3 is 11.9 Å².